The van der Waals surface area contributed by atoms with E-state index in [4.69, 9.17) is 5.73 Å². The highest BCUT2D eigenvalue weighted by molar-refractivity contribution is 7.89. The third-order valence-corrected chi connectivity index (χ3v) is 4.36. The molecule has 0 aliphatic heterocycles. The van der Waals surface area contributed by atoms with Gasteiger partial charge >= 0.3 is 0 Å². The first-order chi connectivity index (χ1) is 8.81. The van der Waals surface area contributed by atoms with E-state index in [2.05, 4.69) is 10.0 Å². The Balaban J connectivity index is 3.11. The summed E-state index contributed by atoms with van der Waals surface area (Å²) in [5.41, 5.74) is 6.76. The number of aliphatic hydroxyl groups is 1. The van der Waals surface area contributed by atoms with Crippen LogP contribution in [0.3, 0.4) is 0 Å². The van der Waals surface area contributed by atoms with Crippen molar-refractivity contribution in [3.8, 4) is 0 Å². The Labute approximate surface area is 114 Å². The molecule has 19 heavy (non-hydrogen) atoms. The summed E-state index contributed by atoms with van der Waals surface area (Å²) in [5.74, 6) is 0.189. The van der Waals surface area contributed by atoms with E-state index in [0.717, 1.165) is 0 Å². The van der Waals surface area contributed by atoms with Gasteiger partial charge in [-0.25, -0.2) is 13.1 Å². The summed E-state index contributed by atoms with van der Waals surface area (Å²) in [5, 5.41) is 12.4. The van der Waals surface area contributed by atoms with Crippen LogP contribution in [-0.2, 0) is 10.0 Å². The minimum atomic E-state index is -3.51. The minimum absolute atomic E-state index is 0.0554. The summed E-state index contributed by atoms with van der Waals surface area (Å²) in [6.07, 6.45) is 0. The van der Waals surface area contributed by atoms with Gasteiger partial charge in [0.25, 0.3) is 0 Å². The molecule has 0 amide bonds. The summed E-state index contributed by atoms with van der Waals surface area (Å²) in [7, 11) is -2.16. The lowest BCUT2D eigenvalue weighted by atomic mass is 10.0. The first kappa shape index (κ1) is 15.7. The zero-order chi connectivity index (χ0) is 14.6. The van der Waals surface area contributed by atoms with Gasteiger partial charge in [-0.3, -0.25) is 0 Å². The van der Waals surface area contributed by atoms with Crippen molar-refractivity contribution in [2.24, 2.45) is 5.92 Å². The molecule has 0 bridgehead atoms. The van der Waals surface area contributed by atoms with E-state index in [-0.39, 0.29) is 23.5 Å². The van der Waals surface area contributed by atoms with Gasteiger partial charge in [-0.1, -0.05) is 13.8 Å². The second kappa shape index (κ2) is 6.23. The molecule has 0 radical (unpaired) electrons. The SMILES string of the molecule is CNS(=O)(=O)c1ccc(N)c(NC(CO)C(C)C)c1. The normalized spacial score (nSPS) is 13.5. The molecule has 0 aromatic heterocycles. The van der Waals surface area contributed by atoms with Gasteiger partial charge in [0.1, 0.15) is 0 Å². The van der Waals surface area contributed by atoms with E-state index in [1.807, 2.05) is 13.8 Å². The molecule has 108 valence electrons. The Kier molecular flexibility index (Phi) is 5.16. The number of sulfonamides is 1. The molecule has 1 unspecified atom stereocenters. The Hall–Kier alpha value is -1.31. The number of benzene rings is 1. The van der Waals surface area contributed by atoms with Gasteiger partial charge in [-0.05, 0) is 31.2 Å². The summed E-state index contributed by atoms with van der Waals surface area (Å²) in [6, 6.07) is 4.25. The smallest absolute Gasteiger partial charge is 0.240 e. The van der Waals surface area contributed by atoms with Crippen LogP contribution in [0.25, 0.3) is 0 Å². The summed E-state index contributed by atoms with van der Waals surface area (Å²) in [4.78, 5) is 0.132. The van der Waals surface area contributed by atoms with Gasteiger partial charge in [-0.2, -0.15) is 0 Å². The molecule has 5 N–H and O–H groups in total. The lowest BCUT2D eigenvalue weighted by Gasteiger charge is -2.22. The van der Waals surface area contributed by atoms with Gasteiger partial charge in [-0.15, -0.1) is 0 Å². The van der Waals surface area contributed by atoms with Crippen molar-refractivity contribution < 1.29 is 13.5 Å². The van der Waals surface area contributed by atoms with Gasteiger partial charge in [0.05, 0.1) is 28.9 Å². The summed E-state index contributed by atoms with van der Waals surface area (Å²) in [6.45, 7) is 3.86. The van der Waals surface area contributed by atoms with Crippen LogP contribution in [0, 0.1) is 5.92 Å². The fraction of sp³-hybridized carbons (Fsp3) is 0.500. The number of hydrogen-bond donors (Lipinski definition) is 4. The predicted molar refractivity (Wildman–Crippen MR) is 76.4 cm³/mol. The molecule has 0 aliphatic rings. The number of nitrogens with one attached hydrogen (secondary N) is 2. The van der Waals surface area contributed by atoms with Crippen molar-refractivity contribution in [2.75, 3.05) is 24.7 Å². The Morgan fingerprint density at radius 3 is 2.47 bits per heavy atom. The first-order valence-corrected chi connectivity index (χ1v) is 7.50. The zero-order valence-electron chi connectivity index (χ0n) is 11.3. The highest BCUT2D eigenvalue weighted by atomic mass is 32.2. The number of anilines is 2. The van der Waals surface area contributed by atoms with Gasteiger partial charge in [0.15, 0.2) is 0 Å². The second-order valence-electron chi connectivity index (χ2n) is 4.63. The maximum absolute atomic E-state index is 11.7. The summed E-state index contributed by atoms with van der Waals surface area (Å²) >= 11 is 0. The molecule has 0 spiro atoms. The lowest BCUT2D eigenvalue weighted by Crippen LogP contribution is -2.30. The maximum Gasteiger partial charge on any atom is 0.240 e. The van der Waals surface area contributed by atoms with Crippen molar-refractivity contribution in [3.63, 3.8) is 0 Å². The molecular formula is C12H21N3O3S. The second-order valence-corrected chi connectivity index (χ2v) is 6.52. The van der Waals surface area contributed by atoms with Crippen molar-refractivity contribution in [1.29, 1.82) is 0 Å². The summed E-state index contributed by atoms with van der Waals surface area (Å²) < 4.78 is 25.7. The molecule has 1 aromatic rings. The molecule has 6 nitrogen and oxygen atoms in total. The minimum Gasteiger partial charge on any atom is -0.397 e. The third kappa shape index (κ3) is 3.82. The highest BCUT2D eigenvalue weighted by Crippen LogP contribution is 2.24. The molecule has 0 saturated heterocycles. The zero-order valence-corrected chi connectivity index (χ0v) is 12.2. The van der Waals surface area contributed by atoms with Crippen LogP contribution in [0.2, 0.25) is 0 Å². The van der Waals surface area contributed by atoms with Crippen LogP contribution in [0.5, 0.6) is 0 Å². The van der Waals surface area contributed by atoms with E-state index in [9.17, 15) is 13.5 Å². The highest BCUT2D eigenvalue weighted by Gasteiger charge is 2.16. The first-order valence-electron chi connectivity index (χ1n) is 6.02. The maximum atomic E-state index is 11.7. The molecule has 0 aliphatic carbocycles. The van der Waals surface area contributed by atoms with E-state index in [1.54, 1.807) is 0 Å². The Morgan fingerprint density at radius 1 is 1.37 bits per heavy atom. The fourth-order valence-electron chi connectivity index (χ4n) is 1.57. The van der Waals surface area contributed by atoms with Crippen LogP contribution in [0.15, 0.2) is 23.1 Å². The predicted octanol–water partition coefficient (Wildman–Crippen LogP) is 0.606. The van der Waals surface area contributed by atoms with Crippen LogP contribution < -0.4 is 15.8 Å². The topological polar surface area (TPSA) is 104 Å². The molecule has 0 fully saturated rings. The van der Waals surface area contributed by atoms with Crippen molar-refractivity contribution in [1.82, 2.24) is 4.72 Å². The standard InChI is InChI=1S/C12H21N3O3S/c1-8(2)12(7-16)15-11-6-9(4-5-10(11)13)19(17,18)14-3/h4-6,8,12,14-16H,7,13H2,1-3H3. The van der Waals surface area contributed by atoms with E-state index < -0.39 is 10.0 Å². The van der Waals surface area contributed by atoms with Gasteiger partial charge in [0, 0.05) is 0 Å². The monoisotopic (exact) mass is 287 g/mol. The van der Waals surface area contributed by atoms with Crippen molar-refractivity contribution in [3.05, 3.63) is 18.2 Å². The molecule has 1 rings (SSSR count). The Morgan fingerprint density at radius 2 is 2.00 bits per heavy atom. The number of hydrogen-bond acceptors (Lipinski definition) is 5. The molecule has 0 heterocycles. The number of rotatable bonds is 6. The fourth-order valence-corrected chi connectivity index (χ4v) is 2.32. The molecule has 1 aromatic carbocycles. The number of nitrogen functional groups attached to an aromatic ring is 1. The van der Waals surface area contributed by atoms with E-state index >= 15 is 0 Å². The van der Waals surface area contributed by atoms with E-state index in [1.165, 1.54) is 25.2 Å². The van der Waals surface area contributed by atoms with Crippen LogP contribution in [0.4, 0.5) is 11.4 Å². The molecule has 1 atom stereocenters. The molecular weight excluding hydrogens is 266 g/mol. The van der Waals surface area contributed by atoms with Crippen LogP contribution >= 0.6 is 0 Å². The lowest BCUT2D eigenvalue weighted by molar-refractivity contribution is 0.249. The third-order valence-electron chi connectivity index (χ3n) is 2.95. The number of aliphatic hydroxyl groups excluding tert-OH is 1. The van der Waals surface area contributed by atoms with Crippen molar-refractivity contribution in [2.45, 2.75) is 24.8 Å². The average molecular weight is 287 g/mol. The van der Waals surface area contributed by atoms with Gasteiger partial charge < -0.3 is 16.2 Å². The van der Waals surface area contributed by atoms with Crippen LogP contribution in [0.1, 0.15) is 13.8 Å². The largest absolute Gasteiger partial charge is 0.397 e. The van der Waals surface area contributed by atoms with Crippen LogP contribution in [-0.4, -0.2) is 33.2 Å². The van der Waals surface area contributed by atoms with Crippen molar-refractivity contribution >= 4 is 21.4 Å². The van der Waals surface area contributed by atoms with E-state index in [0.29, 0.717) is 11.4 Å². The van der Waals surface area contributed by atoms with Gasteiger partial charge in [0.2, 0.25) is 10.0 Å². The average Bonchev–Trinajstić information content (AvgIpc) is 2.37. The quantitative estimate of drug-likeness (QED) is 0.574. The Bertz CT molecular complexity index is 529. The number of nitrogens with two attached hydrogens (primary N) is 1. The molecule has 7 heteroatoms. The molecule has 0 saturated carbocycles.